The highest BCUT2D eigenvalue weighted by molar-refractivity contribution is 5.95. The van der Waals surface area contributed by atoms with Gasteiger partial charge in [-0.2, -0.15) is 0 Å². The zero-order valence-electron chi connectivity index (χ0n) is 18.5. The third kappa shape index (κ3) is 7.47. The molecule has 1 aliphatic rings. The first-order chi connectivity index (χ1) is 15.6. The minimum Gasteiger partial charge on any atom is -0.406 e. The first-order valence-corrected chi connectivity index (χ1v) is 10.6. The number of anilines is 2. The number of aryl methyl sites for hydroxylation is 1. The van der Waals surface area contributed by atoms with Gasteiger partial charge >= 0.3 is 6.36 Å². The molecule has 1 aliphatic heterocycles. The van der Waals surface area contributed by atoms with Gasteiger partial charge in [-0.1, -0.05) is 18.2 Å². The van der Waals surface area contributed by atoms with Crippen LogP contribution in [0.4, 0.5) is 24.5 Å². The van der Waals surface area contributed by atoms with Crippen LogP contribution in [0.1, 0.15) is 12.5 Å². The lowest BCUT2D eigenvalue weighted by atomic mass is 10.1. The molecule has 3 rings (SSSR count). The summed E-state index contributed by atoms with van der Waals surface area (Å²) >= 11 is 0. The number of nitrogens with zero attached hydrogens (tertiary/aromatic N) is 2. The lowest BCUT2D eigenvalue weighted by Gasteiger charge is -2.37. The summed E-state index contributed by atoms with van der Waals surface area (Å²) in [5, 5.41) is 5.63. The van der Waals surface area contributed by atoms with Gasteiger partial charge in [0.25, 0.3) is 0 Å². The highest BCUT2D eigenvalue weighted by Gasteiger charge is 2.31. The normalized spacial score (nSPS) is 16.2. The van der Waals surface area contributed by atoms with Crippen LogP contribution < -0.4 is 15.4 Å². The molecule has 2 aromatic carbocycles. The van der Waals surface area contributed by atoms with Crippen molar-refractivity contribution in [3.05, 3.63) is 54.1 Å². The van der Waals surface area contributed by atoms with Gasteiger partial charge in [0.15, 0.2) is 0 Å². The fraction of sp³-hybridized carbons (Fsp3) is 0.391. The summed E-state index contributed by atoms with van der Waals surface area (Å²) in [5.74, 6) is -0.691. The molecular formula is C23H27F3N4O3. The van der Waals surface area contributed by atoms with E-state index < -0.39 is 6.36 Å². The Hall–Kier alpha value is -3.11. The Morgan fingerprint density at radius 3 is 2.24 bits per heavy atom. The molecular weight excluding hydrogens is 437 g/mol. The predicted octanol–water partition coefficient (Wildman–Crippen LogP) is 3.48. The van der Waals surface area contributed by atoms with Gasteiger partial charge in [-0.15, -0.1) is 13.2 Å². The van der Waals surface area contributed by atoms with Crippen LogP contribution in [-0.4, -0.2) is 66.7 Å². The predicted molar refractivity (Wildman–Crippen MR) is 119 cm³/mol. The molecule has 7 nitrogen and oxygen atoms in total. The average molecular weight is 464 g/mol. The van der Waals surface area contributed by atoms with Gasteiger partial charge in [-0.25, -0.2) is 0 Å². The number of hydrogen-bond acceptors (Lipinski definition) is 5. The number of carbonyl (C=O) groups is 2. The highest BCUT2D eigenvalue weighted by Crippen LogP contribution is 2.24. The molecule has 33 heavy (non-hydrogen) atoms. The largest absolute Gasteiger partial charge is 0.573 e. The molecule has 2 amide bonds. The van der Waals surface area contributed by atoms with Gasteiger partial charge in [-0.05, 0) is 49.7 Å². The number of para-hydroxylation sites is 1. The minimum absolute atomic E-state index is 0.0755. The lowest BCUT2D eigenvalue weighted by Crippen LogP contribution is -2.53. The van der Waals surface area contributed by atoms with Crippen molar-refractivity contribution >= 4 is 23.2 Å². The summed E-state index contributed by atoms with van der Waals surface area (Å²) in [7, 11) is 0. The second-order valence-electron chi connectivity index (χ2n) is 7.91. The van der Waals surface area contributed by atoms with E-state index in [0.717, 1.165) is 23.4 Å². The lowest BCUT2D eigenvalue weighted by molar-refractivity contribution is -0.274. The molecule has 0 spiro atoms. The molecule has 0 aromatic heterocycles. The first-order valence-electron chi connectivity index (χ1n) is 10.6. The Kier molecular flexibility index (Phi) is 7.93. The Labute approximate surface area is 190 Å². The summed E-state index contributed by atoms with van der Waals surface area (Å²) in [6, 6.07) is 12.3. The summed E-state index contributed by atoms with van der Waals surface area (Å²) in [5.41, 5.74) is 2.17. The number of hydrogen-bond donors (Lipinski definition) is 2. The molecule has 1 fully saturated rings. The van der Waals surface area contributed by atoms with E-state index in [2.05, 4.69) is 20.3 Å². The zero-order chi connectivity index (χ0) is 24.0. The van der Waals surface area contributed by atoms with Crippen molar-refractivity contribution in [2.45, 2.75) is 26.3 Å². The number of alkyl halides is 3. The molecule has 1 atom stereocenters. The molecule has 178 valence electrons. The van der Waals surface area contributed by atoms with Gasteiger partial charge in [-0.3, -0.25) is 19.4 Å². The molecule has 0 aliphatic carbocycles. The third-order valence-electron chi connectivity index (χ3n) is 5.48. The van der Waals surface area contributed by atoms with E-state index in [0.29, 0.717) is 31.9 Å². The first kappa shape index (κ1) is 24.5. The minimum atomic E-state index is -4.76. The van der Waals surface area contributed by atoms with E-state index in [4.69, 9.17) is 0 Å². The van der Waals surface area contributed by atoms with Crippen molar-refractivity contribution in [3.8, 4) is 5.75 Å². The van der Waals surface area contributed by atoms with Crippen LogP contribution in [0.3, 0.4) is 0 Å². The number of nitrogens with one attached hydrogen (secondary N) is 2. The molecule has 1 heterocycles. The van der Waals surface area contributed by atoms with Gasteiger partial charge in [0.2, 0.25) is 11.8 Å². The number of piperazine rings is 1. The van der Waals surface area contributed by atoms with Crippen LogP contribution in [0.15, 0.2) is 48.5 Å². The molecule has 0 radical (unpaired) electrons. The number of benzene rings is 2. The fourth-order valence-electron chi connectivity index (χ4n) is 3.57. The van der Waals surface area contributed by atoms with Crippen LogP contribution in [0, 0.1) is 6.92 Å². The second-order valence-corrected chi connectivity index (χ2v) is 7.91. The van der Waals surface area contributed by atoms with E-state index in [9.17, 15) is 22.8 Å². The maximum absolute atomic E-state index is 12.6. The van der Waals surface area contributed by atoms with Crippen molar-refractivity contribution in [1.82, 2.24) is 9.80 Å². The number of halogens is 3. The molecule has 0 bridgehead atoms. The van der Waals surface area contributed by atoms with E-state index in [1.165, 1.54) is 12.1 Å². The van der Waals surface area contributed by atoms with Crippen LogP contribution >= 0.6 is 0 Å². The summed E-state index contributed by atoms with van der Waals surface area (Å²) in [6.07, 6.45) is -4.76. The van der Waals surface area contributed by atoms with E-state index in [-0.39, 0.29) is 30.2 Å². The van der Waals surface area contributed by atoms with Crippen LogP contribution in [0.5, 0.6) is 5.75 Å². The van der Waals surface area contributed by atoms with E-state index in [1.807, 2.05) is 43.0 Å². The zero-order valence-corrected chi connectivity index (χ0v) is 18.5. The monoisotopic (exact) mass is 464 g/mol. The molecule has 1 saturated heterocycles. The highest BCUT2D eigenvalue weighted by atomic mass is 19.4. The van der Waals surface area contributed by atoms with Crippen molar-refractivity contribution < 1.29 is 27.5 Å². The topological polar surface area (TPSA) is 73.9 Å². The Morgan fingerprint density at radius 1 is 1.00 bits per heavy atom. The van der Waals surface area contributed by atoms with Gasteiger partial charge in [0.05, 0.1) is 12.6 Å². The van der Waals surface area contributed by atoms with Crippen LogP contribution in [-0.2, 0) is 9.59 Å². The van der Waals surface area contributed by atoms with Crippen LogP contribution in [0.2, 0.25) is 0 Å². The summed E-state index contributed by atoms with van der Waals surface area (Å²) < 4.78 is 40.5. The van der Waals surface area contributed by atoms with E-state index >= 15 is 0 Å². The molecule has 2 aromatic rings. The fourth-order valence-corrected chi connectivity index (χ4v) is 3.57. The Bertz CT molecular complexity index is 958. The van der Waals surface area contributed by atoms with Crippen molar-refractivity contribution in [3.63, 3.8) is 0 Å². The summed E-state index contributed by atoms with van der Waals surface area (Å²) in [4.78, 5) is 29.0. The maximum Gasteiger partial charge on any atom is 0.573 e. The van der Waals surface area contributed by atoms with Gasteiger partial charge < -0.3 is 15.4 Å². The Balaban J connectivity index is 1.42. The smallest absolute Gasteiger partial charge is 0.406 e. The van der Waals surface area contributed by atoms with Crippen LogP contribution in [0.25, 0.3) is 0 Å². The molecule has 0 unspecified atom stereocenters. The SMILES string of the molecule is Cc1ccccc1NC(=O)[C@H](C)N1CCN(CC(=O)Nc2ccc(OC(F)(F)F)cc2)CC1. The quantitative estimate of drug-likeness (QED) is 0.657. The van der Waals surface area contributed by atoms with E-state index in [1.54, 1.807) is 0 Å². The second kappa shape index (κ2) is 10.7. The standard InChI is InChI=1S/C23H27F3N4O3/c1-16-5-3-4-6-20(16)28-22(32)17(2)30-13-11-29(12-14-30)15-21(31)27-18-7-9-19(10-8-18)33-23(24,25)26/h3-10,17H,11-15H2,1-2H3,(H,27,31)(H,28,32)/t17-/m0/s1. The third-order valence-corrected chi connectivity index (χ3v) is 5.48. The van der Waals surface area contributed by atoms with Crippen molar-refractivity contribution in [1.29, 1.82) is 0 Å². The molecule has 0 saturated carbocycles. The Morgan fingerprint density at radius 2 is 1.64 bits per heavy atom. The van der Waals surface area contributed by atoms with Gasteiger partial charge in [0.1, 0.15) is 5.75 Å². The van der Waals surface area contributed by atoms with Crippen molar-refractivity contribution in [2.75, 3.05) is 43.4 Å². The number of carbonyl (C=O) groups excluding carboxylic acids is 2. The number of amides is 2. The number of rotatable bonds is 7. The van der Waals surface area contributed by atoms with Gasteiger partial charge in [0, 0.05) is 37.6 Å². The van der Waals surface area contributed by atoms with Crippen molar-refractivity contribution in [2.24, 2.45) is 0 Å². The maximum atomic E-state index is 12.6. The summed E-state index contributed by atoms with van der Waals surface area (Å²) in [6.45, 7) is 6.47. The number of ether oxygens (including phenoxy) is 1. The molecule has 2 N–H and O–H groups in total. The molecule has 10 heteroatoms. The average Bonchev–Trinajstić information content (AvgIpc) is 2.75.